The lowest BCUT2D eigenvalue weighted by Gasteiger charge is -2.34. The highest BCUT2D eigenvalue weighted by molar-refractivity contribution is 5.95. The molecule has 2 heterocycles. The molecule has 0 saturated carbocycles. The lowest BCUT2D eigenvalue weighted by Crippen LogP contribution is -2.50. The Morgan fingerprint density at radius 3 is 1.96 bits per heavy atom. The van der Waals surface area contributed by atoms with Gasteiger partial charge in [-0.15, -0.1) is 0 Å². The average molecular weight is 366 g/mol. The maximum atomic E-state index is 12.6. The summed E-state index contributed by atoms with van der Waals surface area (Å²) in [7, 11) is 0. The van der Waals surface area contributed by atoms with Gasteiger partial charge in [-0.1, -0.05) is 0 Å². The minimum atomic E-state index is -0.0805. The molecule has 1 fully saturated rings. The van der Waals surface area contributed by atoms with Crippen LogP contribution < -0.4 is 5.32 Å². The van der Waals surface area contributed by atoms with Crippen LogP contribution in [0.5, 0.6) is 0 Å². The van der Waals surface area contributed by atoms with Crippen LogP contribution in [0, 0.1) is 0 Å². The van der Waals surface area contributed by atoms with Crippen molar-refractivity contribution in [3.63, 3.8) is 0 Å². The number of pyridine rings is 1. The summed E-state index contributed by atoms with van der Waals surface area (Å²) in [5.74, 6) is 0.591. The molecule has 1 N–H and O–H groups in total. The van der Waals surface area contributed by atoms with Crippen molar-refractivity contribution >= 4 is 29.1 Å². The van der Waals surface area contributed by atoms with Crippen molar-refractivity contribution in [1.29, 1.82) is 0 Å². The molecule has 1 aliphatic heterocycles. The zero-order valence-corrected chi connectivity index (χ0v) is 15.4. The molecule has 2 amide bonds. The zero-order valence-electron chi connectivity index (χ0n) is 15.4. The second-order valence-corrected chi connectivity index (χ2v) is 6.49. The molecule has 1 aliphatic rings. The van der Waals surface area contributed by atoms with E-state index in [1.165, 1.54) is 6.92 Å². The van der Waals surface area contributed by atoms with Gasteiger partial charge in [0.1, 0.15) is 5.82 Å². The molecule has 1 aromatic carbocycles. The predicted molar refractivity (Wildman–Crippen MR) is 102 cm³/mol. The average Bonchev–Trinajstić information content (AvgIpc) is 2.68. The Morgan fingerprint density at radius 1 is 0.852 bits per heavy atom. The quantitative estimate of drug-likeness (QED) is 0.840. The molecule has 3 rings (SSSR count). The minimum absolute atomic E-state index is 0.0201. The molecule has 0 spiro atoms. The van der Waals surface area contributed by atoms with E-state index in [9.17, 15) is 14.4 Å². The van der Waals surface area contributed by atoms with Crippen molar-refractivity contribution < 1.29 is 14.4 Å². The van der Waals surface area contributed by atoms with Crippen molar-refractivity contribution in [2.24, 2.45) is 0 Å². The Balaban J connectivity index is 1.60. The third-order valence-corrected chi connectivity index (χ3v) is 4.59. The summed E-state index contributed by atoms with van der Waals surface area (Å²) in [6, 6.07) is 10.6. The van der Waals surface area contributed by atoms with Gasteiger partial charge < -0.3 is 15.1 Å². The van der Waals surface area contributed by atoms with Crippen molar-refractivity contribution in [1.82, 2.24) is 14.8 Å². The highest BCUT2D eigenvalue weighted by Gasteiger charge is 2.23. The summed E-state index contributed by atoms with van der Waals surface area (Å²) in [6.07, 6.45) is 1.55. The Kier molecular flexibility index (Phi) is 5.49. The first-order valence-corrected chi connectivity index (χ1v) is 8.83. The molecule has 2 aromatic rings. The Labute approximate surface area is 158 Å². The van der Waals surface area contributed by atoms with Gasteiger partial charge in [0.05, 0.1) is 5.56 Å². The Morgan fingerprint density at radius 2 is 1.44 bits per heavy atom. The fourth-order valence-electron chi connectivity index (χ4n) is 2.94. The highest BCUT2D eigenvalue weighted by atomic mass is 16.2. The van der Waals surface area contributed by atoms with E-state index in [2.05, 4.69) is 10.3 Å². The minimum Gasteiger partial charge on any atom is -0.340 e. The van der Waals surface area contributed by atoms with Gasteiger partial charge in [0.25, 0.3) is 5.91 Å². The van der Waals surface area contributed by atoms with Gasteiger partial charge in [-0.05, 0) is 43.3 Å². The molecular weight excluding hydrogens is 344 g/mol. The molecule has 1 aromatic heterocycles. The summed E-state index contributed by atoms with van der Waals surface area (Å²) >= 11 is 0. The van der Waals surface area contributed by atoms with E-state index >= 15 is 0 Å². The van der Waals surface area contributed by atoms with Crippen LogP contribution >= 0.6 is 0 Å². The number of piperazine rings is 1. The molecule has 27 heavy (non-hydrogen) atoms. The van der Waals surface area contributed by atoms with Crippen LogP contribution in [0.3, 0.4) is 0 Å². The number of nitrogens with one attached hydrogen (secondary N) is 1. The number of aromatic nitrogens is 1. The summed E-state index contributed by atoms with van der Waals surface area (Å²) < 4.78 is 0. The van der Waals surface area contributed by atoms with E-state index < -0.39 is 0 Å². The first kappa shape index (κ1) is 18.6. The molecule has 1 saturated heterocycles. The van der Waals surface area contributed by atoms with E-state index in [-0.39, 0.29) is 17.6 Å². The molecule has 0 atom stereocenters. The number of amides is 2. The molecule has 140 valence electrons. The number of carbonyl (C=O) groups is 3. The van der Waals surface area contributed by atoms with Gasteiger partial charge in [-0.25, -0.2) is 4.98 Å². The van der Waals surface area contributed by atoms with E-state index in [0.29, 0.717) is 43.1 Å². The van der Waals surface area contributed by atoms with Crippen LogP contribution in [-0.4, -0.2) is 58.6 Å². The third kappa shape index (κ3) is 4.49. The number of rotatable bonds is 4. The summed E-state index contributed by atoms with van der Waals surface area (Å²) in [4.78, 5) is 43.0. The summed E-state index contributed by atoms with van der Waals surface area (Å²) in [5, 5.41) is 3.14. The van der Waals surface area contributed by atoms with Crippen LogP contribution in [0.2, 0.25) is 0 Å². The SMILES string of the molecule is CC(=O)c1ccc(Nc2ccc(C(=O)N3CCN(C(C)=O)CC3)cn2)cc1. The number of anilines is 2. The molecular formula is C20H22N4O3. The molecule has 0 unspecified atom stereocenters. The Hall–Kier alpha value is -3.22. The largest absolute Gasteiger partial charge is 0.340 e. The van der Waals surface area contributed by atoms with E-state index in [1.807, 2.05) is 12.1 Å². The van der Waals surface area contributed by atoms with Crippen molar-refractivity contribution in [3.8, 4) is 0 Å². The van der Waals surface area contributed by atoms with Crippen LogP contribution in [0.1, 0.15) is 34.6 Å². The fourth-order valence-corrected chi connectivity index (χ4v) is 2.94. The van der Waals surface area contributed by atoms with Crippen LogP contribution in [0.25, 0.3) is 0 Å². The van der Waals surface area contributed by atoms with E-state index in [4.69, 9.17) is 0 Å². The molecule has 0 aliphatic carbocycles. The van der Waals surface area contributed by atoms with Crippen LogP contribution in [0.4, 0.5) is 11.5 Å². The van der Waals surface area contributed by atoms with Crippen molar-refractivity contribution in [2.45, 2.75) is 13.8 Å². The molecule has 0 bridgehead atoms. The first-order chi connectivity index (χ1) is 12.9. The maximum absolute atomic E-state index is 12.6. The molecule has 7 heteroatoms. The van der Waals surface area contributed by atoms with Crippen LogP contribution in [0.15, 0.2) is 42.6 Å². The number of carbonyl (C=O) groups excluding carboxylic acids is 3. The van der Waals surface area contributed by atoms with Crippen LogP contribution in [-0.2, 0) is 4.79 Å². The number of Topliss-reactive ketones (excluding diaryl/α,β-unsaturated/α-hetero) is 1. The van der Waals surface area contributed by atoms with Gasteiger partial charge >= 0.3 is 0 Å². The Bertz CT molecular complexity index is 839. The highest BCUT2D eigenvalue weighted by Crippen LogP contribution is 2.17. The number of nitrogens with zero attached hydrogens (tertiary/aromatic N) is 3. The van der Waals surface area contributed by atoms with Gasteiger partial charge in [0.15, 0.2) is 5.78 Å². The van der Waals surface area contributed by atoms with Gasteiger partial charge in [0.2, 0.25) is 5.91 Å². The lowest BCUT2D eigenvalue weighted by molar-refractivity contribution is -0.130. The summed E-state index contributed by atoms with van der Waals surface area (Å²) in [5.41, 5.74) is 1.98. The molecule has 7 nitrogen and oxygen atoms in total. The zero-order chi connectivity index (χ0) is 19.4. The molecule has 0 radical (unpaired) electrons. The predicted octanol–water partition coefficient (Wildman–Crippen LogP) is 2.33. The number of ketones is 1. The van der Waals surface area contributed by atoms with Crippen molar-refractivity contribution in [3.05, 3.63) is 53.7 Å². The first-order valence-electron chi connectivity index (χ1n) is 8.83. The maximum Gasteiger partial charge on any atom is 0.255 e. The second-order valence-electron chi connectivity index (χ2n) is 6.49. The standard InChI is InChI=1S/C20H22N4O3/c1-14(25)16-3-6-18(7-4-16)22-19-8-5-17(13-21-19)20(27)24-11-9-23(10-12-24)15(2)26/h3-8,13H,9-12H2,1-2H3,(H,21,22). The smallest absolute Gasteiger partial charge is 0.255 e. The number of benzene rings is 1. The number of hydrogen-bond donors (Lipinski definition) is 1. The van der Waals surface area contributed by atoms with E-state index in [0.717, 1.165) is 5.69 Å². The summed E-state index contributed by atoms with van der Waals surface area (Å²) in [6.45, 7) is 5.25. The number of hydrogen-bond acceptors (Lipinski definition) is 5. The van der Waals surface area contributed by atoms with Crippen molar-refractivity contribution in [2.75, 3.05) is 31.5 Å². The monoisotopic (exact) mass is 366 g/mol. The third-order valence-electron chi connectivity index (χ3n) is 4.59. The normalized spacial score (nSPS) is 14.0. The van der Waals surface area contributed by atoms with Gasteiger partial charge in [0, 0.05) is 50.6 Å². The lowest BCUT2D eigenvalue weighted by atomic mass is 10.1. The van der Waals surface area contributed by atoms with E-state index in [1.54, 1.807) is 47.2 Å². The van der Waals surface area contributed by atoms with Gasteiger partial charge in [-0.2, -0.15) is 0 Å². The van der Waals surface area contributed by atoms with Gasteiger partial charge in [-0.3, -0.25) is 14.4 Å². The fraction of sp³-hybridized carbons (Fsp3) is 0.300. The second kappa shape index (κ2) is 7.99. The topological polar surface area (TPSA) is 82.6 Å².